The van der Waals surface area contributed by atoms with Crippen molar-refractivity contribution in [2.45, 2.75) is 38.9 Å². The Hall–Kier alpha value is -2.09. The number of ether oxygens (including phenoxy) is 1. The van der Waals surface area contributed by atoms with Crippen LogP contribution in [0.1, 0.15) is 44.0 Å². The van der Waals surface area contributed by atoms with Crippen molar-refractivity contribution in [3.8, 4) is 11.3 Å². The van der Waals surface area contributed by atoms with Gasteiger partial charge in [-0.05, 0) is 31.9 Å². The van der Waals surface area contributed by atoms with Gasteiger partial charge < -0.3 is 10.5 Å². The number of hydrogen-bond acceptors (Lipinski definition) is 4. The number of rotatable bonds is 3. The quantitative estimate of drug-likeness (QED) is 0.908. The van der Waals surface area contributed by atoms with Gasteiger partial charge in [0, 0.05) is 36.0 Å². The highest BCUT2D eigenvalue weighted by Gasteiger charge is 2.35. The van der Waals surface area contributed by atoms with Crippen LogP contribution in [0.3, 0.4) is 0 Å². The van der Waals surface area contributed by atoms with Crippen LogP contribution in [0, 0.1) is 5.92 Å². The van der Waals surface area contributed by atoms with E-state index in [1.54, 1.807) is 0 Å². The van der Waals surface area contributed by atoms with E-state index in [9.17, 15) is 13.2 Å². The standard InChI is InChI=1S/C17H21F3N4O/c1-9(2)24-15(12-8-25-7-10(12)3)5-14(23-24)11-4-13(17(18,19)20)16(21)22-6-11/h4-6,9-10,12H,7-8H2,1-3H3,(H2,21,22). The van der Waals surface area contributed by atoms with Crippen LogP contribution >= 0.6 is 0 Å². The molecule has 2 aromatic heterocycles. The molecule has 1 aliphatic rings. The normalized spacial score (nSPS) is 21.2. The molecule has 0 amide bonds. The topological polar surface area (TPSA) is 66.0 Å². The second-order valence-electron chi connectivity index (χ2n) is 6.77. The van der Waals surface area contributed by atoms with Gasteiger partial charge in [0.25, 0.3) is 0 Å². The highest BCUT2D eigenvalue weighted by molar-refractivity contribution is 5.62. The number of alkyl halides is 3. The third kappa shape index (κ3) is 3.35. The number of pyridine rings is 1. The average Bonchev–Trinajstić information content (AvgIpc) is 3.12. The van der Waals surface area contributed by atoms with Crippen molar-refractivity contribution in [3.63, 3.8) is 0 Å². The van der Waals surface area contributed by atoms with Gasteiger partial charge >= 0.3 is 6.18 Å². The van der Waals surface area contributed by atoms with E-state index in [2.05, 4.69) is 17.0 Å². The fraction of sp³-hybridized carbons (Fsp3) is 0.529. The lowest BCUT2D eigenvalue weighted by Crippen LogP contribution is -2.15. The van der Waals surface area contributed by atoms with Crippen LogP contribution in [-0.2, 0) is 10.9 Å². The average molecular weight is 354 g/mol. The second kappa shape index (κ2) is 6.33. The first kappa shape index (κ1) is 17.7. The Kier molecular flexibility index (Phi) is 4.49. The summed E-state index contributed by atoms with van der Waals surface area (Å²) in [6.07, 6.45) is -3.22. The molecule has 0 spiro atoms. The third-order valence-corrected chi connectivity index (χ3v) is 4.52. The summed E-state index contributed by atoms with van der Waals surface area (Å²) >= 11 is 0. The molecule has 136 valence electrons. The summed E-state index contributed by atoms with van der Waals surface area (Å²) in [6, 6.07) is 2.93. The van der Waals surface area contributed by atoms with E-state index in [1.807, 2.05) is 24.6 Å². The lowest BCUT2D eigenvalue weighted by molar-refractivity contribution is -0.137. The van der Waals surface area contributed by atoms with Crippen molar-refractivity contribution in [2.24, 2.45) is 5.92 Å². The molecule has 2 atom stereocenters. The highest BCUT2D eigenvalue weighted by Crippen LogP contribution is 2.37. The molecule has 8 heteroatoms. The number of nitrogens with zero attached hydrogens (tertiary/aromatic N) is 3. The number of hydrogen-bond donors (Lipinski definition) is 1. The van der Waals surface area contributed by atoms with Gasteiger partial charge in [0.05, 0.1) is 17.9 Å². The first-order valence-corrected chi connectivity index (χ1v) is 8.18. The Morgan fingerprint density at radius 1 is 1.28 bits per heavy atom. The molecule has 3 rings (SSSR count). The van der Waals surface area contributed by atoms with Crippen LogP contribution in [0.15, 0.2) is 18.3 Å². The molecule has 0 bridgehead atoms. The fourth-order valence-corrected chi connectivity index (χ4v) is 3.12. The third-order valence-electron chi connectivity index (χ3n) is 4.52. The summed E-state index contributed by atoms with van der Waals surface area (Å²) in [5.74, 6) is -0.0256. The van der Waals surface area contributed by atoms with Crippen molar-refractivity contribution < 1.29 is 17.9 Å². The van der Waals surface area contributed by atoms with Crippen molar-refractivity contribution in [1.82, 2.24) is 14.8 Å². The summed E-state index contributed by atoms with van der Waals surface area (Å²) < 4.78 is 46.7. The maximum absolute atomic E-state index is 13.1. The SMILES string of the molecule is CC1COCC1c1cc(-c2cnc(N)c(C(F)(F)F)c2)nn1C(C)C. The summed E-state index contributed by atoms with van der Waals surface area (Å²) in [6.45, 7) is 7.34. The smallest absolute Gasteiger partial charge is 0.383 e. The molecule has 0 saturated carbocycles. The van der Waals surface area contributed by atoms with Crippen LogP contribution in [0.4, 0.5) is 19.0 Å². The van der Waals surface area contributed by atoms with Gasteiger partial charge in [0.1, 0.15) is 5.82 Å². The summed E-state index contributed by atoms with van der Waals surface area (Å²) in [5.41, 5.74) is 6.17. The van der Waals surface area contributed by atoms with Crippen molar-refractivity contribution in [1.29, 1.82) is 0 Å². The summed E-state index contributed by atoms with van der Waals surface area (Å²) in [7, 11) is 0. The first-order chi connectivity index (χ1) is 11.7. The number of nitrogens with two attached hydrogens (primary N) is 1. The molecule has 1 aliphatic heterocycles. The number of anilines is 1. The predicted octanol–water partition coefficient (Wildman–Crippen LogP) is 3.88. The first-order valence-electron chi connectivity index (χ1n) is 8.18. The van der Waals surface area contributed by atoms with E-state index in [1.165, 1.54) is 6.20 Å². The number of nitrogen functional groups attached to an aromatic ring is 1. The Labute approximate surface area is 144 Å². The molecule has 1 fully saturated rings. The van der Waals surface area contributed by atoms with Crippen LogP contribution in [-0.4, -0.2) is 28.0 Å². The van der Waals surface area contributed by atoms with Crippen molar-refractivity contribution in [2.75, 3.05) is 18.9 Å². The lowest BCUT2D eigenvalue weighted by atomic mass is 9.94. The Morgan fingerprint density at radius 3 is 2.56 bits per heavy atom. The van der Waals surface area contributed by atoms with Crippen LogP contribution in [0.5, 0.6) is 0 Å². The Bertz CT molecular complexity index is 770. The molecule has 0 aliphatic carbocycles. The van der Waals surface area contributed by atoms with Gasteiger partial charge in [-0.25, -0.2) is 4.98 Å². The molecule has 2 unspecified atom stereocenters. The van der Waals surface area contributed by atoms with Gasteiger partial charge in [-0.15, -0.1) is 0 Å². The molecule has 1 saturated heterocycles. The number of aromatic nitrogens is 3. The maximum atomic E-state index is 13.1. The van der Waals surface area contributed by atoms with Gasteiger partial charge in [0.2, 0.25) is 0 Å². The molecule has 5 nitrogen and oxygen atoms in total. The van der Waals surface area contributed by atoms with E-state index in [4.69, 9.17) is 10.5 Å². The zero-order chi connectivity index (χ0) is 18.4. The highest BCUT2D eigenvalue weighted by atomic mass is 19.4. The van der Waals surface area contributed by atoms with Crippen LogP contribution in [0.25, 0.3) is 11.3 Å². The lowest BCUT2D eigenvalue weighted by Gasteiger charge is -2.17. The largest absolute Gasteiger partial charge is 0.419 e. The molecule has 0 radical (unpaired) electrons. The molecule has 25 heavy (non-hydrogen) atoms. The monoisotopic (exact) mass is 354 g/mol. The van der Waals surface area contributed by atoms with E-state index in [0.29, 0.717) is 30.4 Å². The zero-order valence-electron chi connectivity index (χ0n) is 14.3. The summed E-state index contributed by atoms with van der Waals surface area (Å²) in [4.78, 5) is 3.70. The molecule has 0 aromatic carbocycles. The molecule has 2 N–H and O–H groups in total. The predicted molar refractivity (Wildman–Crippen MR) is 88.0 cm³/mol. The molecular formula is C17H21F3N4O. The maximum Gasteiger partial charge on any atom is 0.419 e. The van der Waals surface area contributed by atoms with Gasteiger partial charge in [-0.3, -0.25) is 4.68 Å². The van der Waals surface area contributed by atoms with Gasteiger partial charge in [-0.1, -0.05) is 6.92 Å². The van der Waals surface area contributed by atoms with Gasteiger partial charge in [-0.2, -0.15) is 18.3 Å². The zero-order valence-corrected chi connectivity index (χ0v) is 14.3. The molecular weight excluding hydrogens is 333 g/mol. The Morgan fingerprint density at radius 2 is 2.00 bits per heavy atom. The van der Waals surface area contributed by atoms with E-state index in [-0.39, 0.29) is 12.0 Å². The minimum absolute atomic E-state index is 0.0837. The van der Waals surface area contributed by atoms with E-state index < -0.39 is 17.6 Å². The minimum atomic E-state index is -4.55. The van der Waals surface area contributed by atoms with Gasteiger partial charge in [0.15, 0.2) is 0 Å². The molecule has 2 aromatic rings. The second-order valence-corrected chi connectivity index (χ2v) is 6.77. The summed E-state index contributed by atoms with van der Waals surface area (Å²) in [5, 5.41) is 4.52. The van der Waals surface area contributed by atoms with Crippen LogP contribution in [0.2, 0.25) is 0 Å². The van der Waals surface area contributed by atoms with E-state index in [0.717, 1.165) is 11.8 Å². The fourth-order valence-electron chi connectivity index (χ4n) is 3.12. The Balaban J connectivity index is 2.07. The van der Waals surface area contributed by atoms with Crippen molar-refractivity contribution in [3.05, 3.63) is 29.6 Å². The van der Waals surface area contributed by atoms with Crippen molar-refractivity contribution >= 4 is 5.82 Å². The minimum Gasteiger partial charge on any atom is -0.383 e. The number of halogens is 3. The molecule has 3 heterocycles. The van der Waals surface area contributed by atoms with E-state index >= 15 is 0 Å². The van der Waals surface area contributed by atoms with Crippen LogP contribution < -0.4 is 5.73 Å².